The molecule has 0 unspecified atom stereocenters. The van der Waals surface area contributed by atoms with Gasteiger partial charge in [-0.25, -0.2) is 13.2 Å². The Hall–Kier alpha value is -1.98. The van der Waals surface area contributed by atoms with Gasteiger partial charge in [0.1, 0.15) is 5.56 Å². The number of sulfonamides is 1. The Labute approximate surface area is 165 Å². The van der Waals surface area contributed by atoms with E-state index in [4.69, 9.17) is 4.74 Å². The van der Waals surface area contributed by atoms with Crippen LogP contribution in [0.3, 0.4) is 0 Å². The van der Waals surface area contributed by atoms with Gasteiger partial charge in [-0.3, -0.25) is 14.8 Å². The van der Waals surface area contributed by atoms with E-state index in [9.17, 15) is 18.0 Å². The second-order valence-corrected chi connectivity index (χ2v) is 8.35. The van der Waals surface area contributed by atoms with Crippen LogP contribution in [0.1, 0.15) is 36.8 Å². The number of ether oxygens (including phenoxy) is 1. The number of esters is 1. The van der Waals surface area contributed by atoms with Gasteiger partial charge in [0.05, 0.1) is 13.2 Å². The van der Waals surface area contributed by atoms with Crippen LogP contribution in [-0.4, -0.2) is 97.0 Å². The Bertz CT molecular complexity index is 795. The minimum atomic E-state index is -3.94. The predicted octanol–water partition coefficient (Wildman–Crippen LogP) is 0.0695. The smallest absolute Gasteiger partial charge is 0.343 e. The summed E-state index contributed by atoms with van der Waals surface area (Å²) in [4.78, 5) is 28.1. The summed E-state index contributed by atoms with van der Waals surface area (Å²) in [7, 11) is -3.94. The van der Waals surface area contributed by atoms with E-state index in [-0.39, 0.29) is 42.7 Å². The van der Waals surface area contributed by atoms with Crippen molar-refractivity contribution in [2.45, 2.75) is 32.7 Å². The van der Waals surface area contributed by atoms with Crippen molar-refractivity contribution in [2.75, 3.05) is 52.4 Å². The van der Waals surface area contributed by atoms with Gasteiger partial charge in [-0.1, -0.05) is 0 Å². The number of hydrogen-bond donors (Lipinski definition) is 1. The molecule has 0 bridgehead atoms. The Morgan fingerprint density at radius 2 is 1.75 bits per heavy atom. The lowest BCUT2D eigenvalue weighted by molar-refractivity contribution is -0.132. The van der Waals surface area contributed by atoms with Crippen molar-refractivity contribution in [1.29, 1.82) is 0 Å². The number of hydrogen-bond acceptors (Lipinski definition) is 7. The molecule has 1 aliphatic rings. The van der Waals surface area contributed by atoms with Crippen LogP contribution < -0.4 is 0 Å². The summed E-state index contributed by atoms with van der Waals surface area (Å²) < 4.78 is 32.3. The summed E-state index contributed by atoms with van der Waals surface area (Å²) in [6.07, 6.45) is 0. The molecular formula is C17H29N5O5S. The van der Waals surface area contributed by atoms with Crippen LogP contribution >= 0.6 is 0 Å². The molecule has 1 amide bonds. The first kappa shape index (κ1) is 22.3. The molecule has 2 rings (SSSR count). The Kier molecular flexibility index (Phi) is 7.55. The minimum absolute atomic E-state index is 0.0360. The van der Waals surface area contributed by atoms with Crippen LogP contribution in [0, 0.1) is 6.92 Å². The number of aryl methyl sites for hydroxylation is 1. The zero-order valence-corrected chi connectivity index (χ0v) is 17.7. The van der Waals surface area contributed by atoms with Crippen molar-refractivity contribution >= 4 is 21.9 Å². The van der Waals surface area contributed by atoms with Crippen molar-refractivity contribution < 1.29 is 22.7 Å². The average Bonchev–Trinajstić information content (AvgIpc) is 3.06. The van der Waals surface area contributed by atoms with Gasteiger partial charge in [-0.2, -0.15) is 9.40 Å². The molecule has 1 aliphatic heterocycles. The van der Waals surface area contributed by atoms with E-state index < -0.39 is 16.0 Å². The number of nitrogens with zero attached hydrogens (tertiary/aromatic N) is 4. The highest BCUT2D eigenvalue weighted by Gasteiger charge is 2.36. The van der Waals surface area contributed by atoms with E-state index in [1.165, 1.54) is 4.31 Å². The number of H-pyrrole nitrogens is 1. The van der Waals surface area contributed by atoms with Crippen molar-refractivity contribution in [3.8, 4) is 0 Å². The lowest BCUT2D eigenvalue weighted by atomic mass is 10.3. The molecule has 1 saturated heterocycles. The first-order chi connectivity index (χ1) is 13.3. The number of nitrogens with one attached hydrogen (secondary N) is 1. The Morgan fingerprint density at radius 1 is 1.14 bits per heavy atom. The number of carbonyl (C=O) groups excluding carboxylic acids is 2. The van der Waals surface area contributed by atoms with E-state index in [2.05, 4.69) is 10.2 Å². The molecule has 11 heteroatoms. The molecule has 1 aromatic heterocycles. The van der Waals surface area contributed by atoms with Crippen LogP contribution in [0.25, 0.3) is 0 Å². The van der Waals surface area contributed by atoms with E-state index in [1.54, 1.807) is 18.7 Å². The molecule has 0 aliphatic carbocycles. The van der Waals surface area contributed by atoms with Gasteiger partial charge in [-0.15, -0.1) is 0 Å². The number of rotatable bonds is 8. The molecular weight excluding hydrogens is 386 g/mol. The summed E-state index contributed by atoms with van der Waals surface area (Å²) in [6, 6.07) is 0. The van der Waals surface area contributed by atoms with Crippen molar-refractivity contribution in [3.63, 3.8) is 0 Å². The van der Waals surface area contributed by atoms with Crippen LogP contribution in [0.15, 0.2) is 5.03 Å². The van der Waals surface area contributed by atoms with Crippen molar-refractivity contribution in [1.82, 2.24) is 24.3 Å². The van der Waals surface area contributed by atoms with Gasteiger partial charge in [0.15, 0.2) is 0 Å². The first-order valence-electron chi connectivity index (χ1n) is 9.48. The van der Waals surface area contributed by atoms with Crippen molar-refractivity contribution in [3.05, 3.63) is 11.3 Å². The van der Waals surface area contributed by atoms with Gasteiger partial charge in [0, 0.05) is 45.0 Å². The highest BCUT2D eigenvalue weighted by molar-refractivity contribution is 7.89. The van der Waals surface area contributed by atoms with E-state index >= 15 is 0 Å². The Balaban J connectivity index is 2.08. The molecule has 0 atom stereocenters. The Morgan fingerprint density at radius 3 is 2.29 bits per heavy atom. The van der Waals surface area contributed by atoms with Crippen molar-refractivity contribution in [2.24, 2.45) is 0 Å². The molecule has 10 nitrogen and oxygen atoms in total. The fourth-order valence-corrected chi connectivity index (χ4v) is 4.70. The molecule has 0 saturated carbocycles. The summed E-state index contributed by atoms with van der Waals surface area (Å²) in [5, 5.41) is 6.10. The maximum Gasteiger partial charge on any atom is 0.343 e. The molecule has 28 heavy (non-hydrogen) atoms. The maximum atomic E-state index is 13.0. The number of likely N-dealkylation sites (N-methyl/N-ethyl adjacent to an activating group) is 1. The minimum Gasteiger partial charge on any atom is -0.462 e. The molecule has 1 fully saturated rings. The first-order valence-corrected chi connectivity index (χ1v) is 10.9. The number of carbonyl (C=O) groups is 2. The second-order valence-electron chi connectivity index (χ2n) is 6.50. The van der Waals surface area contributed by atoms with E-state index in [0.717, 1.165) is 0 Å². The standard InChI is InChI=1S/C17H29N5O5S/c1-5-21(6-2)14(23)12-20-8-10-22(11-9-20)28(25,26)16-15(13(4)18-19-16)17(24)27-7-3/h5-12H2,1-4H3,(H,18,19). The third-order valence-electron chi connectivity index (χ3n) is 4.78. The zero-order valence-electron chi connectivity index (χ0n) is 16.9. The molecule has 0 aromatic carbocycles. The summed E-state index contributed by atoms with van der Waals surface area (Å²) in [5.41, 5.74) is 0.293. The number of amides is 1. The van der Waals surface area contributed by atoms with E-state index in [1.807, 2.05) is 18.7 Å². The van der Waals surface area contributed by atoms with Gasteiger partial charge < -0.3 is 9.64 Å². The maximum absolute atomic E-state index is 13.0. The molecule has 0 radical (unpaired) electrons. The lowest BCUT2D eigenvalue weighted by Gasteiger charge is -2.34. The average molecular weight is 416 g/mol. The SMILES string of the molecule is CCOC(=O)c1c(S(=O)(=O)N2CCN(CC(=O)N(CC)CC)CC2)n[nH]c1C. The van der Waals surface area contributed by atoms with Gasteiger partial charge in [0.25, 0.3) is 10.0 Å². The van der Waals surface area contributed by atoms with Crippen LogP contribution in [0.4, 0.5) is 0 Å². The number of aromatic amines is 1. The normalized spacial score (nSPS) is 16.1. The molecule has 0 spiro atoms. The monoisotopic (exact) mass is 415 g/mol. The molecule has 2 heterocycles. The van der Waals surface area contributed by atoms with Gasteiger partial charge >= 0.3 is 5.97 Å². The number of piperazine rings is 1. The molecule has 1 aromatic rings. The van der Waals surface area contributed by atoms with Crippen LogP contribution in [0.5, 0.6) is 0 Å². The summed E-state index contributed by atoms with van der Waals surface area (Å²) in [6.45, 7) is 10.1. The third-order valence-corrected chi connectivity index (χ3v) is 6.61. The zero-order chi connectivity index (χ0) is 20.9. The quantitative estimate of drug-likeness (QED) is 0.597. The summed E-state index contributed by atoms with van der Waals surface area (Å²) in [5.74, 6) is -0.676. The molecule has 158 valence electrons. The highest BCUT2D eigenvalue weighted by atomic mass is 32.2. The predicted molar refractivity (Wildman–Crippen MR) is 102 cm³/mol. The van der Waals surface area contributed by atoms with Gasteiger partial charge in [0.2, 0.25) is 10.9 Å². The highest BCUT2D eigenvalue weighted by Crippen LogP contribution is 2.22. The topological polar surface area (TPSA) is 116 Å². The summed E-state index contributed by atoms with van der Waals surface area (Å²) >= 11 is 0. The van der Waals surface area contributed by atoms with E-state index in [0.29, 0.717) is 31.9 Å². The lowest BCUT2D eigenvalue weighted by Crippen LogP contribution is -2.51. The fraction of sp³-hybridized carbons (Fsp3) is 0.706. The molecule has 1 N–H and O–H groups in total. The van der Waals surface area contributed by atoms with Crippen LogP contribution in [-0.2, 0) is 19.6 Å². The van der Waals surface area contributed by atoms with Gasteiger partial charge in [-0.05, 0) is 27.7 Å². The largest absolute Gasteiger partial charge is 0.462 e. The fourth-order valence-electron chi connectivity index (χ4n) is 3.16. The third kappa shape index (κ3) is 4.70. The second kappa shape index (κ2) is 9.48. The van der Waals surface area contributed by atoms with Crippen LogP contribution in [0.2, 0.25) is 0 Å². The number of aromatic nitrogens is 2.